The molecular weight excluding hydrogens is 232 g/mol. The second kappa shape index (κ2) is 5.42. The lowest BCUT2D eigenvalue weighted by molar-refractivity contribution is 0.102. The fourth-order valence-corrected chi connectivity index (χ4v) is 1.98. The van der Waals surface area contributed by atoms with Crippen LogP contribution in [0.4, 0.5) is 0 Å². The van der Waals surface area contributed by atoms with Gasteiger partial charge in [0.1, 0.15) is 5.75 Å². The Labute approximate surface area is 99.0 Å². The number of thioether (sulfide) groups is 1. The molecule has 1 rings (SSSR count). The second-order valence-electron chi connectivity index (χ2n) is 3.16. The van der Waals surface area contributed by atoms with Gasteiger partial charge in [-0.2, -0.15) is 11.8 Å². The highest BCUT2D eigenvalue weighted by Gasteiger charge is 2.12. The van der Waals surface area contributed by atoms with Gasteiger partial charge in [0.15, 0.2) is 5.78 Å². The lowest BCUT2D eigenvalue weighted by Crippen LogP contribution is -2.05. The largest absolute Gasteiger partial charge is 0.495 e. The fraction of sp³-hybridized carbons (Fsp3) is 0.364. The third kappa shape index (κ3) is 2.89. The zero-order chi connectivity index (χ0) is 11.4. The van der Waals surface area contributed by atoms with Gasteiger partial charge in [-0.3, -0.25) is 4.79 Å². The molecule has 0 radical (unpaired) electrons. The third-order valence-corrected chi connectivity index (χ3v) is 2.92. The van der Waals surface area contributed by atoms with Crippen LogP contribution in [0.15, 0.2) is 12.1 Å². The second-order valence-corrected chi connectivity index (χ2v) is 4.43. The van der Waals surface area contributed by atoms with Crippen molar-refractivity contribution < 1.29 is 9.53 Å². The van der Waals surface area contributed by atoms with Gasteiger partial charge in [-0.15, -0.1) is 0 Å². The van der Waals surface area contributed by atoms with Crippen LogP contribution in [0.5, 0.6) is 5.75 Å². The van der Waals surface area contributed by atoms with Gasteiger partial charge < -0.3 is 4.74 Å². The maximum atomic E-state index is 11.7. The van der Waals surface area contributed by atoms with Crippen LogP contribution in [0.25, 0.3) is 0 Å². The predicted molar refractivity (Wildman–Crippen MR) is 65.5 cm³/mol. The Balaban J connectivity index is 3.10. The molecule has 0 amide bonds. The predicted octanol–water partition coefficient (Wildman–Crippen LogP) is 3.20. The van der Waals surface area contributed by atoms with E-state index in [1.807, 2.05) is 13.2 Å². The quantitative estimate of drug-likeness (QED) is 0.761. The molecule has 4 heteroatoms. The van der Waals surface area contributed by atoms with Crippen molar-refractivity contribution in [3.8, 4) is 5.75 Å². The highest BCUT2D eigenvalue weighted by atomic mass is 35.5. The molecule has 0 aliphatic heterocycles. The van der Waals surface area contributed by atoms with E-state index in [1.54, 1.807) is 19.2 Å². The van der Waals surface area contributed by atoms with Gasteiger partial charge in [0.05, 0.1) is 17.9 Å². The number of halogens is 1. The van der Waals surface area contributed by atoms with Crippen molar-refractivity contribution in [1.82, 2.24) is 0 Å². The molecular formula is C11H13ClO2S. The van der Waals surface area contributed by atoms with E-state index in [-0.39, 0.29) is 5.78 Å². The molecule has 15 heavy (non-hydrogen) atoms. The summed E-state index contributed by atoms with van der Waals surface area (Å²) in [6, 6.07) is 3.46. The standard InChI is InChI=1S/C11H13ClO2S/c1-7-4-11(14-2)9(12)5-8(7)10(13)6-15-3/h4-5H,6H2,1-3H3. The molecule has 0 N–H and O–H groups in total. The number of rotatable bonds is 4. The number of Topliss-reactive ketones (excluding diaryl/α,β-unsaturated/α-hetero) is 1. The number of benzene rings is 1. The molecule has 0 saturated carbocycles. The smallest absolute Gasteiger partial charge is 0.173 e. The lowest BCUT2D eigenvalue weighted by Gasteiger charge is -2.08. The van der Waals surface area contributed by atoms with Crippen molar-refractivity contribution in [3.63, 3.8) is 0 Å². The van der Waals surface area contributed by atoms with Crippen LogP contribution in [0.1, 0.15) is 15.9 Å². The third-order valence-electron chi connectivity index (χ3n) is 2.07. The molecule has 1 aromatic rings. The summed E-state index contributed by atoms with van der Waals surface area (Å²) in [6.07, 6.45) is 1.90. The topological polar surface area (TPSA) is 26.3 Å². The van der Waals surface area contributed by atoms with Crippen molar-refractivity contribution in [1.29, 1.82) is 0 Å². The zero-order valence-electron chi connectivity index (χ0n) is 8.96. The Morgan fingerprint density at radius 1 is 1.53 bits per heavy atom. The Bertz CT molecular complexity index is 377. The number of aryl methyl sites for hydroxylation is 1. The van der Waals surface area contributed by atoms with E-state index in [0.717, 1.165) is 5.56 Å². The summed E-state index contributed by atoms with van der Waals surface area (Å²) < 4.78 is 5.07. The van der Waals surface area contributed by atoms with Crippen molar-refractivity contribution in [2.45, 2.75) is 6.92 Å². The zero-order valence-corrected chi connectivity index (χ0v) is 10.5. The lowest BCUT2D eigenvalue weighted by atomic mass is 10.1. The summed E-state index contributed by atoms with van der Waals surface area (Å²) in [4.78, 5) is 11.7. The van der Waals surface area contributed by atoms with Crippen molar-refractivity contribution in [2.75, 3.05) is 19.1 Å². The summed E-state index contributed by atoms with van der Waals surface area (Å²) in [6.45, 7) is 1.88. The molecule has 2 nitrogen and oxygen atoms in total. The summed E-state index contributed by atoms with van der Waals surface area (Å²) >= 11 is 7.47. The van der Waals surface area contributed by atoms with Gasteiger partial charge in [-0.25, -0.2) is 0 Å². The first kappa shape index (κ1) is 12.4. The van der Waals surface area contributed by atoms with Crippen LogP contribution >= 0.6 is 23.4 Å². The Morgan fingerprint density at radius 3 is 2.73 bits per heavy atom. The van der Waals surface area contributed by atoms with Gasteiger partial charge in [0, 0.05) is 5.56 Å². The molecule has 0 aliphatic rings. The minimum atomic E-state index is 0.101. The molecule has 0 fully saturated rings. The minimum Gasteiger partial charge on any atom is -0.495 e. The maximum absolute atomic E-state index is 11.7. The minimum absolute atomic E-state index is 0.101. The van der Waals surface area contributed by atoms with Crippen LogP contribution in [0, 0.1) is 6.92 Å². The Hall–Kier alpha value is -0.670. The number of carbonyl (C=O) groups excluding carboxylic acids is 1. The highest BCUT2D eigenvalue weighted by molar-refractivity contribution is 7.99. The summed E-state index contributed by atoms with van der Waals surface area (Å²) in [5.74, 6) is 1.18. The SMILES string of the molecule is COc1cc(C)c(C(=O)CSC)cc1Cl. The first-order valence-electron chi connectivity index (χ1n) is 4.46. The Kier molecular flexibility index (Phi) is 4.48. The van der Waals surface area contributed by atoms with Crippen molar-refractivity contribution in [3.05, 3.63) is 28.3 Å². The molecule has 0 atom stereocenters. The van der Waals surface area contributed by atoms with E-state index >= 15 is 0 Å². The van der Waals surface area contributed by atoms with E-state index in [4.69, 9.17) is 16.3 Å². The number of hydrogen-bond donors (Lipinski definition) is 0. The van der Waals surface area contributed by atoms with E-state index in [0.29, 0.717) is 22.1 Å². The molecule has 0 aliphatic carbocycles. The molecule has 0 heterocycles. The number of ether oxygens (including phenoxy) is 1. The highest BCUT2D eigenvalue weighted by Crippen LogP contribution is 2.28. The van der Waals surface area contributed by atoms with E-state index < -0.39 is 0 Å². The number of methoxy groups -OCH3 is 1. The van der Waals surface area contributed by atoms with E-state index in [1.165, 1.54) is 11.8 Å². The van der Waals surface area contributed by atoms with Crippen LogP contribution in [0.2, 0.25) is 5.02 Å². The van der Waals surface area contributed by atoms with Crippen LogP contribution in [-0.2, 0) is 0 Å². The van der Waals surface area contributed by atoms with Gasteiger partial charge >= 0.3 is 0 Å². The molecule has 1 aromatic carbocycles. The fourth-order valence-electron chi connectivity index (χ4n) is 1.32. The van der Waals surface area contributed by atoms with E-state index in [2.05, 4.69) is 0 Å². The average molecular weight is 245 g/mol. The number of ketones is 1. The van der Waals surface area contributed by atoms with Crippen LogP contribution < -0.4 is 4.74 Å². The number of hydrogen-bond acceptors (Lipinski definition) is 3. The summed E-state index contributed by atoms with van der Waals surface area (Å²) in [5.41, 5.74) is 1.57. The first-order chi connectivity index (χ1) is 7.10. The van der Waals surface area contributed by atoms with E-state index in [9.17, 15) is 4.79 Å². The molecule has 0 unspecified atom stereocenters. The molecule has 0 saturated heterocycles. The van der Waals surface area contributed by atoms with Crippen LogP contribution in [-0.4, -0.2) is 24.9 Å². The molecule has 0 spiro atoms. The summed E-state index contributed by atoms with van der Waals surface area (Å²) in [7, 11) is 1.56. The van der Waals surface area contributed by atoms with Gasteiger partial charge in [-0.1, -0.05) is 11.6 Å². The molecule has 0 bridgehead atoms. The first-order valence-corrected chi connectivity index (χ1v) is 6.23. The van der Waals surface area contributed by atoms with Gasteiger partial charge in [0.25, 0.3) is 0 Å². The molecule has 82 valence electrons. The Morgan fingerprint density at radius 2 is 2.20 bits per heavy atom. The van der Waals surface area contributed by atoms with Gasteiger partial charge in [0.2, 0.25) is 0 Å². The maximum Gasteiger partial charge on any atom is 0.173 e. The normalized spacial score (nSPS) is 10.1. The summed E-state index contributed by atoms with van der Waals surface area (Å²) in [5, 5.41) is 0.479. The average Bonchev–Trinajstić information content (AvgIpc) is 2.21. The number of carbonyl (C=O) groups is 1. The van der Waals surface area contributed by atoms with Crippen molar-refractivity contribution in [2.24, 2.45) is 0 Å². The van der Waals surface area contributed by atoms with Gasteiger partial charge in [-0.05, 0) is 30.9 Å². The van der Waals surface area contributed by atoms with Crippen molar-refractivity contribution >= 4 is 29.1 Å². The molecule has 0 aromatic heterocycles. The monoisotopic (exact) mass is 244 g/mol. The van der Waals surface area contributed by atoms with Crippen LogP contribution in [0.3, 0.4) is 0 Å².